The Bertz CT molecular complexity index is 455. The van der Waals surface area contributed by atoms with Crippen LogP contribution in [0.3, 0.4) is 0 Å². The summed E-state index contributed by atoms with van der Waals surface area (Å²) in [6.45, 7) is 0.0388. The Morgan fingerprint density at radius 3 is 2.45 bits per heavy atom. The van der Waals surface area contributed by atoms with E-state index in [9.17, 15) is 24.0 Å². The number of carbonyl (C=O) groups excluding carboxylic acids is 5. The summed E-state index contributed by atoms with van der Waals surface area (Å²) < 4.78 is 0. The zero-order valence-electron chi connectivity index (χ0n) is 10.9. The molecule has 1 saturated heterocycles. The molecule has 1 heterocycles. The van der Waals surface area contributed by atoms with Gasteiger partial charge in [-0.3, -0.25) is 19.2 Å². The average molecular weight is 282 g/mol. The van der Waals surface area contributed by atoms with E-state index in [0.717, 1.165) is 12.2 Å². The molecule has 1 fully saturated rings. The lowest BCUT2D eigenvalue weighted by molar-refractivity contribution is -0.197. The number of amides is 3. The molecule has 108 valence electrons. The molecule has 20 heavy (non-hydrogen) atoms. The number of aldehydes is 1. The van der Waals surface area contributed by atoms with Crippen molar-refractivity contribution in [3.8, 4) is 0 Å². The Labute approximate surface area is 114 Å². The lowest BCUT2D eigenvalue weighted by Gasteiger charge is -2.16. The lowest BCUT2D eigenvalue weighted by Crippen LogP contribution is -2.34. The van der Waals surface area contributed by atoms with Crippen LogP contribution in [-0.4, -0.2) is 53.5 Å². The van der Waals surface area contributed by atoms with Gasteiger partial charge in [0.2, 0.25) is 5.91 Å². The van der Waals surface area contributed by atoms with Crippen LogP contribution in [0, 0.1) is 0 Å². The Kier molecular flexibility index (Phi) is 5.57. The minimum absolute atomic E-state index is 0.0288. The van der Waals surface area contributed by atoms with Crippen molar-refractivity contribution in [3.05, 3.63) is 12.2 Å². The Balaban J connectivity index is 2.38. The summed E-state index contributed by atoms with van der Waals surface area (Å²) in [6, 6.07) is 0. The zero-order valence-corrected chi connectivity index (χ0v) is 10.9. The first-order valence-electron chi connectivity index (χ1n) is 5.89. The predicted molar refractivity (Wildman–Crippen MR) is 64.6 cm³/mol. The Morgan fingerprint density at radius 1 is 1.30 bits per heavy atom. The molecule has 1 aliphatic heterocycles. The molecule has 0 bridgehead atoms. The monoisotopic (exact) mass is 282 g/mol. The topological polar surface area (TPSA) is 101 Å². The van der Waals surface area contributed by atoms with Gasteiger partial charge in [-0.25, -0.2) is 4.79 Å². The van der Waals surface area contributed by atoms with Gasteiger partial charge in [0, 0.05) is 32.5 Å². The number of hydrogen-bond donors (Lipinski definition) is 0. The second-order valence-corrected chi connectivity index (χ2v) is 4.05. The maximum atomic E-state index is 11.5. The van der Waals surface area contributed by atoms with Crippen LogP contribution in [-0.2, 0) is 28.8 Å². The highest BCUT2D eigenvalue weighted by Crippen LogP contribution is 2.12. The molecular formula is C12H14N2O6. The molecular weight excluding hydrogens is 268 g/mol. The van der Waals surface area contributed by atoms with Crippen molar-refractivity contribution in [2.45, 2.75) is 19.3 Å². The number of hydrogen-bond acceptors (Lipinski definition) is 6. The summed E-state index contributed by atoms with van der Waals surface area (Å²) in [4.78, 5) is 61.1. The van der Waals surface area contributed by atoms with Crippen molar-refractivity contribution < 1.29 is 28.8 Å². The van der Waals surface area contributed by atoms with Crippen LogP contribution in [0.25, 0.3) is 0 Å². The van der Waals surface area contributed by atoms with Crippen molar-refractivity contribution in [3.63, 3.8) is 0 Å². The third kappa shape index (κ3) is 4.30. The number of hydroxylamine groups is 2. The van der Waals surface area contributed by atoms with Crippen molar-refractivity contribution in [2.24, 2.45) is 0 Å². The maximum absolute atomic E-state index is 11.5. The number of allylic oxidation sites excluding steroid dienone is 1. The fraction of sp³-hybridized carbons (Fsp3) is 0.417. The van der Waals surface area contributed by atoms with Crippen molar-refractivity contribution in [1.29, 1.82) is 0 Å². The zero-order chi connectivity index (χ0) is 15.1. The molecule has 8 nitrogen and oxygen atoms in total. The van der Waals surface area contributed by atoms with Gasteiger partial charge >= 0.3 is 5.97 Å². The standard InChI is InChI=1S/C12H14N2O6/c1-13(9(16)3-2-8-15)7-6-12(19)20-14-10(17)4-5-11(14)18/h2-3,8H,4-7H2,1H3/b3-2-. The molecule has 3 amide bonds. The second-order valence-electron chi connectivity index (χ2n) is 4.05. The highest BCUT2D eigenvalue weighted by atomic mass is 16.7. The van der Waals surface area contributed by atoms with Gasteiger partial charge < -0.3 is 9.74 Å². The first-order valence-corrected chi connectivity index (χ1v) is 5.89. The molecule has 0 atom stereocenters. The molecule has 0 aromatic carbocycles. The predicted octanol–water partition coefficient (Wildman–Crippen LogP) is -0.803. The number of imide groups is 1. The highest BCUT2D eigenvalue weighted by molar-refractivity contribution is 6.01. The van der Waals surface area contributed by atoms with Crippen LogP contribution >= 0.6 is 0 Å². The van der Waals surface area contributed by atoms with Crippen LogP contribution in [0.2, 0.25) is 0 Å². The SMILES string of the molecule is CN(CCC(=O)ON1C(=O)CCC1=O)C(=O)/C=C\C=O. The molecule has 8 heteroatoms. The fourth-order valence-electron chi connectivity index (χ4n) is 1.42. The minimum Gasteiger partial charge on any atom is -0.342 e. The third-order valence-electron chi connectivity index (χ3n) is 2.54. The van der Waals surface area contributed by atoms with Gasteiger partial charge in [0.25, 0.3) is 11.8 Å². The van der Waals surface area contributed by atoms with Crippen LogP contribution in [0.1, 0.15) is 19.3 Å². The van der Waals surface area contributed by atoms with Gasteiger partial charge in [0.15, 0.2) is 0 Å². The van der Waals surface area contributed by atoms with Gasteiger partial charge in [-0.15, -0.1) is 5.06 Å². The summed E-state index contributed by atoms with van der Waals surface area (Å²) in [5.41, 5.74) is 0. The highest BCUT2D eigenvalue weighted by Gasteiger charge is 2.32. The number of likely N-dealkylation sites (N-methyl/N-ethyl adjacent to an activating group) is 1. The third-order valence-corrected chi connectivity index (χ3v) is 2.54. The van der Waals surface area contributed by atoms with Crippen molar-refractivity contribution >= 4 is 30.0 Å². The smallest absolute Gasteiger partial charge is 0.334 e. The summed E-state index contributed by atoms with van der Waals surface area (Å²) in [5, 5.41) is 0.455. The molecule has 1 rings (SSSR count). The summed E-state index contributed by atoms with van der Waals surface area (Å²) in [6.07, 6.45) is 2.45. The van der Waals surface area contributed by atoms with E-state index in [4.69, 9.17) is 0 Å². The molecule has 0 unspecified atom stereocenters. The Morgan fingerprint density at radius 2 is 1.90 bits per heavy atom. The minimum atomic E-state index is -0.785. The van der Waals surface area contributed by atoms with E-state index in [1.807, 2.05) is 0 Å². The molecule has 0 spiro atoms. The summed E-state index contributed by atoms with van der Waals surface area (Å²) >= 11 is 0. The van der Waals surface area contributed by atoms with Gasteiger partial charge in [0.05, 0.1) is 6.42 Å². The van der Waals surface area contributed by atoms with Crippen LogP contribution in [0.15, 0.2) is 12.2 Å². The van der Waals surface area contributed by atoms with E-state index in [1.54, 1.807) is 0 Å². The molecule has 0 aliphatic carbocycles. The summed E-state index contributed by atoms with van der Waals surface area (Å²) in [5.74, 6) is -2.34. The first kappa shape index (κ1) is 15.5. The molecule has 0 radical (unpaired) electrons. The maximum Gasteiger partial charge on any atom is 0.334 e. The van der Waals surface area contributed by atoms with Gasteiger partial charge in [0.1, 0.15) is 6.29 Å². The fourth-order valence-corrected chi connectivity index (χ4v) is 1.42. The number of carbonyl (C=O) groups is 5. The van der Waals surface area contributed by atoms with Crippen LogP contribution in [0.4, 0.5) is 0 Å². The first-order chi connectivity index (χ1) is 9.45. The second kappa shape index (κ2) is 7.17. The largest absolute Gasteiger partial charge is 0.342 e. The Hall–Kier alpha value is -2.51. The van der Waals surface area contributed by atoms with E-state index < -0.39 is 23.7 Å². The van der Waals surface area contributed by atoms with E-state index in [0.29, 0.717) is 11.3 Å². The molecule has 1 aliphatic rings. The van der Waals surface area contributed by atoms with E-state index in [-0.39, 0.29) is 25.8 Å². The van der Waals surface area contributed by atoms with Gasteiger partial charge in [-0.1, -0.05) is 0 Å². The lowest BCUT2D eigenvalue weighted by atomic mass is 10.3. The number of rotatable bonds is 6. The molecule has 0 saturated carbocycles. The molecule has 0 aromatic heterocycles. The quantitative estimate of drug-likeness (QED) is 0.359. The van der Waals surface area contributed by atoms with Gasteiger partial charge in [-0.2, -0.15) is 0 Å². The number of nitrogens with zero attached hydrogens (tertiary/aromatic N) is 2. The normalized spacial score (nSPS) is 14.8. The molecule has 0 N–H and O–H groups in total. The van der Waals surface area contributed by atoms with Crippen LogP contribution < -0.4 is 0 Å². The molecule has 0 aromatic rings. The van der Waals surface area contributed by atoms with E-state index in [2.05, 4.69) is 4.84 Å². The average Bonchev–Trinajstić information content (AvgIpc) is 2.73. The van der Waals surface area contributed by atoms with E-state index >= 15 is 0 Å². The van der Waals surface area contributed by atoms with Crippen molar-refractivity contribution in [1.82, 2.24) is 9.96 Å². The summed E-state index contributed by atoms with van der Waals surface area (Å²) in [7, 11) is 1.44. The van der Waals surface area contributed by atoms with E-state index in [1.165, 1.54) is 11.9 Å². The van der Waals surface area contributed by atoms with Crippen LogP contribution in [0.5, 0.6) is 0 Å². The van der Waals surface area contributed by atoms with Gasteiger partial charge in [-0.05, 0) is 6.08 Å². The van der Waals surface area contributed by atoms with Crippen molar-refractivity contribution in [2.75, 3.05) is 13.6 Å².